The molecule has 0 amide bonds. The maximum absolute atomic E-state index is 15.3. The van der Waals surface area contributed by atoms with Crippen molar-refractivity contribution in [2.75, 3.05) is 24.6 Å². The summed E-state index contributed by atoms with van der Waals surface area (Å²) in [6.07, 6.45) is 3.87. The summed E-state index contributed by atoms with van der Waals surface area (Å²) < 4.78 is 55.1. The number of halogens is 3. The van der Waals surface area contributed by atoms with Crippen molar-refractivity contribution < 1.29 is 22.6 Å². The predicted molar refractivity (Wildman–Crippen MR) is 151 cm³/mol. The summed E-state index contributed by atoms with van der Waals surface area (Å²) in [5, 5.41) is 8.42. The third-order valence-corrected chi connectivity index (χ3v) is 8.53. The number of benzene rings is 1. The Bertz CT molecular complexity index is 1570. The second-order valence-electron chi connectivity index (χ2n) is 11.8. The molecular weight excluding hydrogens is 549 g/mol. The fourth-order valence-electron chi connectivity index (χ4n) is 6.64. The third-order valence-electron chi connectivity index (χ3n) is 8.53. The van der Waals surface area contributed by atoms with Crippen molar-refractivity contribution in [3.05, 3.63) is 41.7 Å². The van der Waals surface area contributed by atoms with Crippen LogP contribution in [0.15, 0.2) is 24.5 Å². The smallest absolute Gasteiger partial charge is 0.387 e. The SMILES string of the molecule is Cc1nc2c(N3C[C@@H](C)N(C(c4ccc(OC(F)F)cc4F)C(C)C)C[C@@H]3C)nc3nncn3c2n1C[C@@H]1CCCO1. The number of anilines is 1. The van der Waals surface area contributed by atoms with Crippen LogP contribution in [0.5, 0.6) is 5.75 Å². The number of fused-ring (bicyclic) bond motifs is 3. The van der Waals surface area contributed by atoms with Gasteiger partial charge in [-0.15, -0.1) is 10.2 Å². The van der Waals surface area contributed by atoms with Crippen LogP contribution in [-0.2, 0) is 11.3 Å². The van der Waals surface area contributed by atoms with Gasteiger partial charge in [0.05, 0.1) is 12.6 Å². The molecule has 0 N–H and O–H groups in total. The van der Waals surface area contributed by atoms with Gasteiger partial charge in [-0.2, -0.15) is 13.8 Å². The molecule has 2 fully saturated rings. The van der Waals surface area contributed by atoms with E-state index in [2.05, 4.69) is 43.1 Å². The van der Waals surface area contributed by atoms with Gasteiger partial charge in [0.2, 0.25) is 0 Å². The highest BCUT2D eigenvalue weighted by atomic mass is 19.3. The van der Waals surface area contributed by atoms with Crippen molar-refractivity contribution in [2.24, 2.45) is 5.92 Å². The second kappa shape index (κ2) is 11.3. The van der Waals surface area contributed by atoms with Crippen LogP contribution in [0, 0.1) is 18.7 Å². The zero-order valence-electron chi connectivity index (χ0n) is 24.5. The van der Waals surface area contributed by atoms with E-state index in [4.69, 9.17) is 14.7 Å². The quantitative estimate of drug-likeness (QED) is 0.285. The lowest BCUT2D eigenvalue weighted by Gasteiger charge is -2.49. The average Bonchev–Trinajstić information content (AvgIpc) is 3.67. The largest absolute Gasteiger partial charge is 0.435 e. The van der Waals surface area contributed by atoms with Crippen molar-refractivity contribution >= 4 is 22.8 Å². The Kier molecular flexibility index (Phi) is 7.73. The van der Waals surface area contributed by atoms with Crippen molar-refractivity contribution in [1.82, 2.24) is 34.0 Å². The van der Waals surface area contributed by atoms with Gasteiger partial charge in [0, 0.05) is 49.5 Å². The number of aromatic nitrogens is 6. The van der Waals surface area contributed by atoms with Crippen molar-refractivity contribution in [2.45, 2.75) is 84.8 Å². The van der Waals surface area contributed by atoms with Crippen LogP contribution in [-0.4, -0.2) is 78.5 Å². The first-order valence-corrected chi connectivity index (χ1v) is 14.6. The zero-order valence-corrected chi connectivity index (χ0v) is 24.5. The molecule has 0 radical (unpaired) electrons. The van der Waals surface area contributed by atoms with Gasteiger partial charge in [0.1, 0.15) is 29.2 Å². The maximum atomic E-state index is 15.3. The van der Waals surface area contributed by atoms with Gasteiger partial charge in [-0.25, -0.2) is 13.8 Å². The molecule has 2 aliphatic rings. The van der Waals surface area contributed by atoms with E-state index in [0.29, 0.717) is 31.0 Å². The maximum Gasteiger partial charge on any atom is 0.387 e. The van der Waals surface area contributed by atoms with E-state index in [9.17, 15) is 8.78 Å². The van der Waals surface area contributed by atoms with Crippen molar-refractivity contribution in [1.29, 1.82) is 0 Å². The molecule has 42 heavy (non-hydrogen) atoms. The molecule has 1 aromatic carbocycles. The van der Waals surface area contributed by atoms with Crippen molar-refractivity contribution in [3.63, 3.8) is 0 Å². The fraction of sp³-hybridized carbons (Fsp3) is 0.586. The van der Waals surface area contributed by atoms with Gasteiger partial charge in [0.25, 0.3) is 5.78 Å². The number of rotatable bonds is 8. The molecule has 226 valence electrons. The third kappa shape index (κ3) is 5.17. The van der Waals surface area contributed by atoms with E-state index in [-0.39, 0.29) is 35.9 Å². The Hall–Kier alpha value is -3.45. The minimum Gasteiger partial charge on any atom is -0.435 e. The van der Waals surface area contributed by atoms with Crippen molar-refractivity contribution in [3.8, 4) is 5.75 Å². The zero-order chi connectivity index (χ0) is 29.7. The summed E-state index contributed by atoms with van der Waals surface area (Å²) in [7, 11) is 0. The van der Waals surface area contributed by atoms with Crippen LogP contribution in [0.3, 0.4) is 0 Å². The lowest BCUT2D eigenvalue weighted by atomic mass is 9.91. The van der Waals surface area contributed by atoms with Crippen LogP contribution in [0.4, 0.5) is 19.0 Å². The molecule has 13 heteroatoms. The van der Waals surface area contributed by atoms with Gasteiger partial charge in [-0.3, -0.25) is 4.90 Å². The Morgan fingerprint density at radius 2 is 1.93 bits per heavy atom. The van der Waals surface area contributed by atoms with E-state index >= 15 is 4.39 Å². The highest BCUT2D eigenvalue weighted by Crippen LogP contribution is 2.38. The molecule has 10 nitrogen and oxygen atoms in total. The number of nitrogens with zero attached hydrogens (tertiary/aromatic N) is 8. The minimum absolute atomic E-state index is 0.0108. The van der Waals surface area contributed by atoms with Gasteiger partial charge >= 0.3 is 6.61 Å². The number of imidazole rings is 1. The molecule has 5 heterocycles. The number of piperazine rings is 1. The summed E-state index contributed by atoms with van der Waals surface area (Å²) in [6, 6.07) is 3.79. The molecule has 3 aromatic heterocycles. The standard InChI is InChI=1S/C29H37F3N8O2/c1-16(2)25(22-9-8-20(11-23(22)30)42-28(31)32)37-12-18(4)38(13-17(37)3)26-24-27(40-15-33-36-29(40)35-26)39(19(5)34-24)14-21-7-6-10-41-21/h8-9,11,15-18,21,25,28H,6-7,10,12-14H2,1-5H3/t17-,18+,21+,25?/m1/s1. The topological polar surface area (TPSA) is 85.8 Å². The highest BCUT2D eigenvalue weighted by molar-refractivity contribution is 5.87. The van der Waals surface area contributed by atoms with E-state index < -0.39 is 12.4 Å². The predicted octanol–water partition coefficient (Wildman–Crippen LogP) is 5.00. The van der Waals surface area contributed by atoms with Crippen LogP contribution < -0.4 is 9.64 Å². The molecule has 0 saturated carbocycles. The lowest BCUT2D eigenvalue weighted by Crippen LogP contribution is -2.58. The van der Waals surface area contributed by atoms with Crippen LogP contribution in [0.25, 0.3) is 16.9 Å². The number of hydrogen-bond donors (Lipinski definition) is 0. The monoisotopic (exact) mass is 586 g/mol. The van der Waals surface area contributed by atoms with Crippen LogP contribution in [0.2, 0.25) is 0 Å². The first kappa shape index (κ1) is 28.7. The van der Waals surface area contributed by atoms with E-state index in [1.807, 2.05) is 25.2 Å². The average molecular weight is 587 g/mol. The van der Waals surface area contributed by atoms with E-state index in [0.717, 1.165) is 48.3 Å². The lowest BCUT2D eigenvalue weighted by molar-refractivity contribution is -0.0500. The molecule has 6 rings (SSSR count). The number of aryl methyl sites for hydroxylation is 1. The van der Waals surface area contributed by atoms with Gasteiger partial charge < -0.3 is 18.9 Å². The number of hydrogen-bond acceptors (Lipinski definition) is 8. The summed E-state index contributed by atoms with van der Waals surface area (Å²) in [5.41, 5.74) is 2.14. The Labute approximate surface area is 242 Å². The molecule has 0 aliphatic carbocycles. The second-order valence-corrected chi connectivity index (χ2v) is 11.8. The highest BCUT2D eigenvalue weighted by Gasteiger charge is 2.38. The van der Waals surface area contributed by atoms with Crippen LogP contribution in [0.1, 0.15) is 58.0 Å². The fourth-order valence-corrected chi connectivity index (χ4v) is 6.64. The summed E-state index contributed by atoms with van der Waals surface area (Å²) >= 11 is 0. The Balaban J connectivity index is 1.33. The minimum atomic E-state index is -3.01. The van der Waals surface area contributed by atoms with Gasteiger partial charge in [0.15, 0.2) is 11.5 Å². The normalized spacial score (nSPS) is 22.7. The van der Waals surface area contributed by atoms with E-state index in [1.54, 1.807) is 12.4 Å². The van der Waals surface area contributed by atoms with Crippen LogP contribution >= 0.6 is 0 Å². The Morgan fingerprint density at radius 1 is 1.12 bits per heavy atom. The molecule has 0 bridgehead atoms. The van der Waals surface area contributed by atoms with Gasteiger partial charge in [-0.1, -0.05) is 19.9 Å². The first-order chi connectivity index (χ1) is 20.1. The van der Waals surface area contributed by atoms with Gasteiger partial charge in [-0.05, 0) is 45.6 Å². The molecule has 2 aliphatic heterocycles. The van der Waals surface area contributed by atoms with E-state index in [1.165, 1.54) is 6.07 Å². The molecular formula is C29H37F3N8O2. The Morgan fingerprint density at radius 3 is 2.62 bits per heavy atom. The molecule has 4 atom stereocenters. The first-order valence-electron chi connectivity index (χ1n) is 14.6. The summed E-state index contributed by atoms with van der Waals surface area (Å²) in [5.74, 6) is 1.45. The molecule has 1 unspecified atom stereocenters. The summed E-state index contributed by atoms with van der Waals surface area (Å²) in [6.45, 7) is 10.1. The molecule has 2 saturated heterocycles. The molecule has 4 aromatic rings. The number of ether oxygens (including phenoxy) is 2. The summed E-state index contributed by atoms with van der Waals surface area (Å²) in [4.78, 5) is 14.5. The molecule has 0 spiro atoms. The number of alkyl halides is 2.